The molecule has 0 bridgehead atoms. The van der Waals surface area contributed by atoms with Crippen LogP contribution in [0.2, 0.25) is 0 Å². The van der Waals surface area contributed by atoms with Gasteiger partial charge in [-0.3, -0.25) is 55.8 Å². The maximum Gasteiger partial charge on any atom is 0.413 e. The van der Waals surface area contributed by atoms with E-state index in [0.717, 1.165) is 81.4 Å². The van der Waals surface area contributed by atoms with E-state index in [1.165, 1.54) is 77.4 Å². The largest absolute Gasteiger partial charge is 0.444 e. The Bertz CT molecular complexity index is 5210. The van der Waals surface area contributed by atoms with Gasteiger partial charge in [-0.05, 0) is 225 Å². The molecular formula is C97H124F5N13O14S5. The van der Waals surface area contributed by atoms with Crippen molar-refractivity contribution >= 4 is 126 Å². The molecule has 5 fully saturated rings. The number of amidine groups is 5. The van der Waals surface area contributed by atoms with Crippen LogP contribution in [0.3, 0.4) is 0 Å². The maximum absolute atomic E-state index is 14.9. The fourth-order valence-electron chi connectivity index (χ4n) is 19.5. The zero-order valence-electron chi connectivity index (χ0n) is 78.2. The maximum atomic E-state index is 14.9. The Morgan fingerprint density at radius 1 is 0.373 bits per heavy atom. The predicted molar refractivity (Wildman–Crippen MR) is 522 cm³/mol. The molecule has 6 aromatic carbocycles. The summed E-state index contributed by atoms with van der Waals surface area (Å²) in [5.41, 5.74) is 16.0. The van der Waals surface area contributed by atoms with Gasteiger partial charge >= 0.3 is 18.3 Å². The molecular weight excluding hydrogens is 1830 g/mol. The van der Waals surface area contributed by atoms with Crippen molar-refractivity contribution in [1.29, 1.82) is 0 Å². The van der Waals surface area contributed by atoms with Gasteiger partial charge in [0, 0.05) is 151 Å². The normalized spacial score (nSPS) is 28.0. The number of non-ortho nitro benzene ring substituents is 1. The molecule has 27 nitrogen and oxygen atoms in total. The summed E-state index contributed by atoms with van der Waals surface area (Å²) in [6, 6.07) is 35.6. The van der Waals surface area contributed by atoms with Crippen LogP contribution in [0.5, 0.6) is 0 Å². The Morgan fingerprint density at radius 2 is 0.649 bits per heavy atom. The lowest BCUT2D eigenvalue weighted by Crippen LogP contribution is -2.48. The minimum atomic E-state index is -1.01. The minimum absolute atomic E-state index is 0.0149. The number of fused-ring (bicyclic) bond motifs is 5. The Hall–Kier alpha value is -9.05. The van der Waals surface area contributed by atoms with Crippen LogP contribution in [-0.4, -0.2) is 167 Å². The van der Waals surface area contributed by atoms with Gasteiger partial charge in [0.25, 0.3) is 11.6 Å². The SMILES string of the molecule is CO[C@@H]1CC[C@]2(c3cc(N)ccc3F)N=C(NC(=O)OC(C)(C)C)SC[C@@H]2C1.CO[C@@H]1CC[C@]2(c3cc(N)ccc3F)N=C(NC(=O)OC(C)(C)C)SC[C@@H]2C1.CO[C@@H]1CC[C@]2(c3cc([N+](=O)[O-])ccc3F)N=C(NC(=O)OC(C)(C)C)SC[C@@H]2C1.CO[C@@H]1CC[C@]2(c3ccccc3F)N=C(N)SC[C@@H]2C1.CO[C@@H]1CC[C@]2(c3ccccc3F)N=C(NC(=O)c3ccccc3)SC[C@@H]2C1. The number of carbonyl (C=O) groups excluding carboxylic acids is 4. The Kier molecular flexibility index (Phi) is 34.6. The van der Waals surface area contributed by atoms with E-state index in [2.05, 4.69) is 21.3 Å². The van der Waals surface area contributed by atoms with E-state index in [4.69, 9.17) is 80.1 Å². The highest BCUT2D eigenvalue weighted by atomic mass is 32.2. The molecule has 0 spiro atoms. The number of ether oxygens (including phenoxy) is 8. The number of halogens is 5. The molecule has 10 N–H and O–H groups in total. The Balaban J connectivity index is 0.000000152. The number of thioether (sulfide) groups is 5. The van der Waals surface area contributed by atoms with E-state index in [-0.39, 0.29) is 101 Å². The first-order valence-corrected chi connectivity index (χ1v) is 49.9. The van der Waals surface area contributed by atoms with Gasteiger partial charge in [0.05, 0.1) is 63.1 Å². The second kappa shape index (κ2) is 44.6. The van der Waals surface area contributed by atoms with E-state index in [1.54, 1.807) is 158 Å². The molecule has 5 saturated carbocycles. The summed E-state index contributed by atoms with van der Waals surface area (Å²) < 4.78 is 117. The number of carbonyl (C=O) groups is 4. The number of nitrogens with one attached hydrogen (secondary N) is 4. The third kappa shape index (κ3) is 25.3. The quantitative estimate of drug-likeness (QED) is 0.0197. The second-order valence-corrected chi connectivity index (χ2v) is 43.1. The van der Waals surface area contributed by atoms with Gasteiger partial charge < -0.3 is 60.4 Å². The molecule has 15 atom stereocenters. The highest BCUT2D eigenvalue weighted by molar-refractivity contribution is 8.15. The van der Waals surface area contributed by atoms with Crippen molar-refractivity contribution in [3.05, 3.63) is 206 Å². The molecule has 0 unspecified atom stereocenters. The van der Waals surface area contributed by atoms with Crippen LogP contribution in [-0.2, 0) is 65.6 Å². The number of nitrogens with zero attached hydrogens (tertiary/aromatic N) is 6. The number of nitrogen functional groups attached to an aromatic ring is 2. The van der Waals surface area contributed by atoms with Crippen molar-refractivity contribution in [3.8, 4) is 0 Å². The van der Waals surface area contributed by atoms with Gasteiger partial charge in [0.2, 0.25) is 0 Å². The molecule has 0 saturated heterocycles. The van der Waals surface area contributed by atoms with Crippen molar-refractivity contribution in [1.82, 2.24) is 21.3 Å². The number of aliphatic imine (C=N–C) groups is 5. The summed E-state index contributed by atoms with van der Waals surface area (Å²) in [5.74, 6) is 2.27. The summed E-state index contributed by atoms with van der Waals surface area (Å²) in [6.07, 6.45) is 9.89. The molecule has 5 aliphatic heterocycles. The van der Waals surface area contributed by atoms with Crippen molar-refractivity contribution in [2.24, 2.45) is 60.3 Å². The first-order valence-electron chi connectivity index (χ1n) is 45.0. The summed E-state index contributed by atoms with van der Waals surface area (Å²) in [6.45, 7) is 16.1. The van der Waals surface area contributed by atoms with Gasteiger partial charge in [-0.25, -0.2) is 36.3 Å². The number of nitro groups is 1. The highest BCUT2D eigenvalue weighted by Gasteiger charge is 2.55. The average Bonchev–Trinajstić information content (AvgIpc) is 0.447. The van der Waals surface area contributed by atoms with Crippen LogP contribution in [0, 0.1) is 68.8 Å². The van der Waals surface area contributed by atoms with Gasteiger partial charge in [-0.1, -0.05) is 113 Å². The standard InChI is InChI=1S/C22H23FN2O2S.C20H26FN3O5S.2C20H28FN3O3S.C15H19FN2OS/c1-27-17-11-12-22(18-9-5-6-10-19(18)23)16(13-17)14-28-21(25-22)24-20(26)15-7-3-2-4-8-15;1-19(2,3)29-18(25)22-17-23-20(8-7-14(28-4)9-12(20)11-30-17)15-10-13(24(26)27)5-6-16(15)21;2*1-19(2,3)27-18(25)23-17-24-20(15-10-13(22)5-6-16(15)21)8-7-14(26-4)9-12(20)11-28-17;1-19-11-6-7-15(12-4-2-3-5-13(12)16)10(8-11)9-20-14(17)18-15/h2-10,16-17H,11-14H2,1H3,(H,24,25,26);5-6,10,12,14H,7-9,11H2,1-4H3,(H,22,23,25);2*5-6,10,12,14H,7-9,11,22H2,1-4H3,(H,23,24,25);2-5,10-11H,6-9H2,1H3,(H2,17,18)/t16-,17+,22-;3*12-,14+,20-;10-,11+,15-/m00000/s1. The number of hydrogen-bond acceptors (Lipinski definition) is 27. The second-order valence-electron chi connectivity index (χ2n) is 38.0. The number of benzene rings is 6. The molecule has 726 valence electrons. The highest BCUT2D eigenvalue weighted by Crippen LogP contribution is 2.57. The molecule has 134 heavy (non-hydrogen) atoms. The number of alkyl carbamates (subject to hydrolysis) is 3. The van der Waals surface area contributed by atoms with Crippen LogP contribution in [0.25, 0.3) is 0 Å². The smallest absolute Gasteiger partial charge is 0.413 e. The van der Waals surface area contributed by atoms with Crippen LogP contribution < -0.4 is 38.5 Å². The number of nitro benzene ring substituents is 1. The first kappa shape index (κ1) is 104. The zero-order chi connectivity index (χ0) is 96.9. The number of hydrogen-bond donors (Lipinski definition) is 7. The topological polar surface area (TPSA) is 373 Å². The number of nitrogens with two attached hydrogens (primary N) is 3. The first-order chi connectivity index (χ1) is 63.6. The molecule has 5 heterocycles. The van der Waals surface area contributed by atoms with E-state index in [0.29, 0.717) is 121 Å². The molecule has 10 aliphatic rings. The van der Waals surface area contributed by atoms with Gasteiger partial charge in [-0.15, -0.1) is 0 Å². The Morgan fingerprint density at radius 3 is 0.963 bits per heavy atom. The average molecular weight is 1950 g/mol. The van der Waals surface area contributed by atoms with Gasteiger partial charge in [0.1, 0.15) is 45.9 Å². The van der Waals surface area contributed by atoms with Gasteiger partial charge in [-0.2, -0.15) is 0 Å². The van der Waals surface area contributed by atoms with E-state index >= 15 is 0 Å². The van der Waals surface area contributed by atoms with E-state index < -0.39 is 73.5 Å². The van der Waals surface area contributed by atoms with Crippen molar-refractivity contribution < 1.29 is 83.9 Å². The lowest BCUT2D eigenvalue weighted by atomic mass is 9.68. The zero-order valence-corrected chi connectivity index (χ0v) is 82.3. The lowest BCUT2D eigenvalue weighted by Gasteiger charge is -2.46. The summed E-state index contributed by atoms with van der Waals surface area (Å²) in [5, 5.41) is 24.7. The van der Waals surface area contributed by atoms with Crippen molar-refractivity contribution in [3.63, 3.8) is 0 Å². The third-order valence-electron chi connectivity index (χ3n) is 26.0. The molecule has 4 amide bonds. The van der Waals surface area contributed by atoms with Crippen LogP contribution in [0.4, 0.5) is 53.4 Å². The molecule has 37 heteroatoms. The number of anilines is 2. The molecule has 0 radical (unpaired) electrons. The number of amides is 4. The molecule has 16 rings (SSSR count). The monoisotopic (exact) mass is 1950 g/mol. The van der Waals surface area contributed by atoms with Gasteiger partial charge in [0.15, 0.2) is 25.8 Å². The minimum Gasteiger partial charge on any atom is -0.444 e. The lowest BCUT2D eigenvalue weighted by molar-refractivity contribution is -0.385. The van der Waals surface area contributed by atoms with Crippen molar-refractivity contribution in [2.75, 3.05) is 75.8 Å². The fourth-order valence-corrected chi connectivity index (χ4v) is 25.1. The van der Waals surface area contributed by atoms with Crippen molar-refractivity contribution in [2.45, 2.75) is 234 Å². The predicted octanol–water partition coefficient (Wildman–Crippen LogP) is 19.7. The van der Waals surface area contributed by atoms with E-state index in [9.17, 15) is 51.2 Å². The molecule has 0 aromatic heterocycles. The molecule has 6 aromatic rings. The van der Waals surface area contributed by atoms with Crippen LogP contribution >= 0.6 is 58.8 Å². The fraction of sp³-hybridized carbons (Fsp3) is 0.536. The summed E-state index contributed by atoms with van der Waals surface area (Å²) in [7, 11) is 8.52. The third-order valence-corrected chi connectivity index (χ3v) is 31.0. The van der Waals surface area contributed by atoms with Crippen LogP contribution in [0.15, 0.2) is 158 Å². The molecule has 5 aliphatic carbocycles. The summed E-state index contributed by atoms with van der Waals surface area (Å²) in [4.78, 5) is 84.1. The number of methoxy groups -OCH3 is 5. The summed E-state index contributed by atoms with van der Waals surface area (Å²) >= 11 is 7.34. The van der Waals surface area contributed by atoms with Crippen LogP contribution in [0.1, 0.15) is 197 Å². The Labute approximate surface area is 801 Å². The van der Waals surface area contributed by atoms with E-state index in [1.807, 2.05) is 42.5 Å². The number of rotatable bonds is 12.